The van der Waals surface area contributed by atoms with Gasteiger partial charge in [0.15, 0.2) is 17.4 Å². The van der Waals surface area contributed by atoms with Crippen LogP contribution in [-0.2, 0) is 0 Å². The van der Waals surface area contributed by atoms with E-state index in [1.807, 2.05) is 6.92 Å². The van der Waals surface area contributed by atoms with Crippen molar-refractivity contribution in [2.45, 2.75) is 32.4 Å². The maximum Gasteiger partial charge on any atom is 0.198 e. The maximum atomic E-state index is 14.7. The Kier molecular flexibility index (Phi) is 6.07. The molecular formula is C18H21F2NO2. The van der Waals surface area contributed by atoms with E-state index in [1.54, 1.807) is 37.3 Å². The molecule has 0 bridgehead atoms. The van der Waals surface area contributed by atoms with Crippen molar-refractivity contribution in [1.82, 2.24) is 5.32 Å². The van der Waals surface area contributed by atoms with Crippen molar-refractivity contribution >= 4 is 0 Å². The molecule has 0 saturated heterocycles. The quantitative estimate of drug-likeness (QED) is 0.804. The topological polar surface area (TPSA) is 41.5 Å². The second-order valence-corrected chi connectivity index (χ2v) is 5.41. The van der Waals surface area contributed by atoms with Gasteiger partial charge in [-0.05, 0) is 31.5 Å². The highest BCUT2D eigenvalue weighted by molar-refractivity contribution is 5.38. The minimum atomic E-state index is -0.750. The molecule has 2 atom stereocenters. The van der Waals surface area contributed by atoms with Crippen LogP contribution in [0.25, 0.3) is 0 Å². The molecule has 0 radical (unpaired) electrons. The number of nitrogens with one attached hydrogen (secondary N) is 1. The smallest absolute Gasteiger partial charge is 0.198 e. The number of ether oxygens (including phenoxy) is 1. The number of para-hydroxylation sites is 1. The van der Waals surface area contributed by atoms with Crippen LogP contribution in [0.3, 0.4) is 0 Å². The molecule has 2 aromatic carbocycles. The van der Waals surface area contributed by atoms with Gasteiger partial charge < -0.3 is 15.2 Å². The summed E-state index contributed by atoms with van der Waals surface area (Å²) in [5.41, 5.74) is 0.320. The summed E-state index contributed by atoms with van der Waals surface area (Å²) in [5, 5.41) is 12.3. The zero-order valence-electron chi connectivity index (χ0n) is 13.2. The van der Waals surface area contributed by atoms with Gasteiger partial charge in [-0.3, -0.25) is 0 Å². The highest BCUT2D eigenvalue weighted by Gasteiger charge is 2.22. The van der Waals surface area contributed by atoms with Crippen LogP contribution < -0.4 is 10.1 Å². The number of rotatable bonds is 7. The second kappa shape index (κ2) is 8.04. The zero-order chi connectivity index (χ0) is 16.8. The first-order valence-corrected chi connectivity index (χ1v) is 7.64. The van der Waals surface area contributed by atoms with Crippen LogP contribution in [0.15, 0.2) is 42.5 Å². The minimum absolute atomic E-state index is 0.0628. The fourth-order valence-corrected chi connectivity index (χ4v) is 2.34. The Morgan fingerprint density at radius 3 is 2.43 bits per heavy atom. The van der Waals surface area contributed by atoms with Crippen molar-refractivity contribution in [3.8, 4) is 11.5 Å². The average molecular weight is 321 g/mol. The Morgan fingerprint density at radius 2 is 1.83 bits per heavy atom. The van der Waals surface area contributed by atoms with E-state index in [0.29, 0.717) is 17.7 Å². The van der Waals surface area contributed by atoms with Gasteiger partial charge in [0, 0.05) is 17.6 Å². The SMILES string of the molecule is CC[C@H](N[C@@H](C)CO)c1ccc(F)c(Oc2ccccc2)c1F. The number of aliphatic hydroxyl groups excluding tert-OH is 1. The standard InChI is InChI=1S/C18H21F2NO2/c1-3-16(21-12(2)11-22)14-9-10-15(19)18(17(14)20)23-13-7-5-4-6-8-13/h4-10,12,16,21-22H,3,11H2,1-2H3/t12-,16-/m0/s1. The summed E-state index contributed by atoms with van der Waals surface area (Å²) in [7, 11) is 0. The molecule has 0 aliphatic rings. The van der Waals surface area contributed by atoms with E-state index < -0.39 is 17.4 Å². The second-order valence-electron chi connectivity index (χ2n) is 5.41. The largest absolute Gasteiger partial charge is 0.451 e. The molecule has 3 nitrogen and oxygen atoms in total. The molecule has 23 heavy (non-hydrogen) atoms. The molecule has 2 rings (SSSR count). The Labute approximate surface area is 134 Å². The van der Waals surface area contributed by atoms with Crippen LogP contribution >= 0.6 is 0 Å². The first kappa shape index (κ1) is 17.4. The number of benzene rings is 2. The third kappa shape index (κ3) is 4.27. The number of halogens is 2. The van der Waals surface area contributed by atoms with Crippen molar-refractivity contribution in [3.05, 3.63) is 59.7 Å². The van der Waals surface area contributed by atoms with Crippen molar-refractivity contribution in [1.29, 1.82) is 0 Å². The van der Waals surface area contributed by atoms with Crippen molar-refractivity contribution in [2.75, 3.05) is 6.61 Å². The van der Waals surface area contributed by atoms with Crippen LogP contribution in [0.5, 0.6) is 11.5 Å². The summed E-state index contributed by atoms with van der Waals surface area (Å²) in [4.78, 5) is 0. The van der Waals surface area contributed by atoms with E-state index in [4.69, 9.17) is 9.84 Å². The molecule has 0 unspecified atom stereocenters. The Balaban J connectivity index is 2.33. The minimum Gasteiger partial charge on any atom is -0.451 e. The lowest BCUT2D eigenvalue weighted by Crippen LogP contribution is -2.33. The van der Waals surface area contributed by atoms with E-state index in [0.717, 1.165) is 0 Å². The van der Waals surface area contributed by atoms with Crippen molar-refractivity contribution in [2.24, 2.45) is 0 Å². The Hall–Kier alpha value is -1.98. The van der Waals surface area contributed by atoms with Gasteiger partial charge in [-0.25, -0.2) is 8.78 Å². The molecule has 0 aliphatic heterocycles. The van der Waals surface area contributed by atoms with Crippen LogP contribution in [0, 0.1) is 11.6 Å². The van der Waals surface area contributed by atoms with Crippen molar-refractivity contribution in [3.63, 3.8) is 0 Å². The average Bonchev–Trinajstić information content (AvgIpc) is 2.57. The van der Waals surface area contributed by atoms with Gasteiger partial charge in [0.1, 0.15) is 5.75 Å². The molecule has 124 valence electrons. The molecule has 0 heterocycles. The number of hydrogen-bond acceptors (Lipinski definition) is 3. The fourth-order valence-electron chi connectivity index (χ4n) is 2.34. The van der Waals surface area contributed by atoms with Gasteiger partial charge in [0.25, 0.3) is 0 Å². The normalized spacial score (nSPS) is 13.6. The number of aliphatic hydroxyl groups is 1. The predicted octanol–water partition coefficient (Wildman–Crippen LogP) is 4.18. The number of hydrogen-bond donors (Lipinski definition) is 2. The van der Waals surface area contributed by atoms with Gasteiger partial charge in [0.2, 0.25) is 0 Å². The molecule has 2 N–H and O–H groups in total. The van der Waals surface area contributed by atoms with Crippen LogP contribution in [0.1, 0.15) is 31.9 Å². The molecule has 0 saturated carbocycles. The van der Waals surface area contributed by atoms with Crippen molar-refractivity contribution < 1.29 is 18.6 Å². The maximum absolute atomic E-state index is 14.7. The lowest BCUT2D eigenvalue weighted by molar-refractivity contribution is 0.238. The molecule has 2 aromatic rings. The molecule has 0 spiro atoms. The summed E-state index contributed by atoms with van der Waals surface area (Å²) in [6.45, 7) is 3.63. The Morgan fingerprint density at radius 1 is 1.13 bits per heavy atom. The summed E-state index contributed by atoms with van der Waals surface area (Å²) < 4.78 is 34.1. The third-order valence-electron chi connectivity index (χ3n) is 3.59. The zero-order valence-corrected chi connectivity index (χ0v) is 13.2. The van der Waals surface area contributed by atoms with Gasteiger partial charge in [-0.2, -0.15) is 0 Å². The lowest BCUT2D eigenvalue weighted by Gasteiger charge is -2.22. The van der Waals surface area contributed by atoms with Gasteiger partial charge in [-0.1, -0.05) is 31.2 Å². The van der Waals surface area contributed by atoms with Crippen LogP contribution in [0.4, 0.5) is 8.78 Å². The highest BCUT2D eigenvalue weighted by atomic mass is 19.1. The van der Waals surface area contributed by atoms with E-state index in [-0.39, 0.29) is 18.7 Å². The molecule has 0 aromatic heterocycles. The monoisotopic (exact) mass is 321 g/mol. The summed E-state index contributed by atoms with van der Waals surface area (Å²) in [6, 6.07) is 10.6. The Bertz CT molecular complexity index is 634. The third-order valence-corrected chi connectivity index (χ3v) is 3.59. The van der Waals surface area contributed by atoms with Gasteiger partial charge >= 0.3 is 0 Å². The fraction of sp³-hybridized carbons (Fsp3) is 0.333. The van der Waals surface area contributed by atoms with Gasteiger partial charge in [0.05, 0.1) is 6.61 Å². The summed E-state index contributed by atoms with van der Waals surface area (Å²) in [6.07, 6.45) is 0.595. The highest BCUT2D eigenvalue weighted by Crippen LogP contribution is 2.33. The van der Waals surface area contributed by atoms with Gasteiger partial charge in [-0.15, -0.1) is 0 Å². The molecule has 0 amide bonds. The molecule has 5 heteroatoms. The van der Waals surface area contributed by atoms with Crippen LogP contribution in [0.2, 0.25) is 0 Å². The first-order valence-electron chi connectivity index (χ1n) is 7.64. The summed E-state index contributed by atoms with van der Waals surface area (Å²) in [5.74, 6) is -1.52. The first-order chi connectivity index (χ1) is 11.1. The lowest BCUT2D eigenvalue weighted by atomic mass is 10.0. The molecular weight excluding hydrogens is 300 g/mol. The van der Waals surface area contributed by atoms with E-state index >= 15 is 0 Å². The van der Waals surface area contributed by atoms with E-state index in [2.05, 4.69) is 5.32 Å². The van der Waals surface area contributed by atoms with Crippen LogP contribution in [-0.4, -0.2) is 17.8 Å². The summed E-state index contributed by atoms with van der Waals surface area (Å²) >= 11 is 0. The van der Waals surface area contributed by atoms with E-state index in [1.165, 1.54) is 12.1 Å². The predicted molar refractivity (Wildman–Crippen MR) is 85.6 cm³/mol. The molecule has 0 fully saturated rings. The van der Waals surface area contributed by atoms with E-state index in [9.17, 15) is 8.78 Å². The molecule has 0 aliphatic carbocycles.